The van der Waals surface area contributed by atoms with Gasteiger partial charge < -0.3 is 15.1 Å². The molecule has 1 aromatic rings. The molecule has 5 nitrogen and oxygen atoms in total. The number of piperidine rings is 1. The Morgan fingerprint density at radius 1 is 1.28 bits per heavy atom. The third-order valence-corrected chi connectivity index (χ3v) is 6.22. The van der Waals surface area contributed by atoms with Crippen LogP contribution in [-0.2, 0) is 16.1 Å². The second-order valence-corrected chi connectivity index (χ2v) is 8.01. The lowest BCUT2D eigenvalue weighted by Crippen LogP contribution is -2.52. The van der Waals surface area contributed by atoms with Crippen LogP contribution in [0.25, 0.3) is 0 Å². The zero-order valence-corrected chi connectivity index (χ0v) is 15.1. The summed E-state index contributed by atoms with van der Waals surface area (Å²) in [6, 6.07) is 7.59. The molecule has 3 aliphatic rings. The van der Waals surface area contributed by atoms with E-state index in [1.807, 2.05) is 29.2 Å². The van der Waals surface area contributed by atoms with E-state index in [0.29, 0.717) is 24.7 Å². The Labute approximate surface area is 153 Å². The number of hydrogen-bond acceptors (Lipinski definition) is 3. The first-order chi connectivity index (χ1) is 12.1. The number of rotatable bonds is 3. The molecular weight excluding hydrogens is 338 g/mol. The molecule has 2 aliphatic heterocycles. The maximum atomic E-state index is 12.8. The van der Waals surface area contributed by atoms with Crippen LogP contribution in [0.1, 0.15) is 24.8 Å². The Balaban J connectivity index is 1.34. The number of benzene rings is 1. The van der Waals surface area contributed by atoms with Gasteiger partial charge in [-0.25, -0.2) is 0 Å². The normalized spacial score (nSPS) is 25.3. The molecule has 0 radical (unpaired) electrons. The highest BCUT2D eigenvalue weighted by molar-refractivity contribution is 6.30. The lowest BCUT2D eigenvalue weighted by atomic mass is 9.91. The quantitative estimate of drug-likeness (QED) is 0.894. The molecule has 1 saturated carbocycles. The fourth-order valence-electron chi connectivity index (χ4n) is 4.31. The van der Waals surface area contributed by atoms with Gasteiger partial charge in [0.2, 0.25) is 11.8 Å². The van der Waals surface area contributed by atoms with Crippen molar-refractivity contribution in [3.8, 4) is 0 Å². The van der Waals surface area contributed by atoms with Crippen molar-refractivity contribution in [3.05, 3.63) is 34.9 Å². The molecule has 134 valence electrons. The second-order valence-electron chi connectivity index (χ2n) is 7.57. The van der Waals surface area contributed by atoms with E-state index in [0.717, 1.165) is 37.9 Å². The summed E-state index contributed by atoms with van der Waals surface area (Å²) in [5.74, 6) is 0.360. The first kappa shape index (κ1) is 16.9. The zero-order chi connectivity index (χ0) is 17.4. The highest BCUT2D eigenvalue weighted by Crippen LogP contribution is 2.59. The van der Waals surface area contributed by atoms with Crippen LogP contribution in [0.2, 0.25) is 5.02 Å². The molecular formula is C19H24ClN3O2. The SMILES string of the molecule is O=C1CN(C(=O)C2CC23CCNCC3)CCN1Cc1cccc(Cl)c1. The predicted octanol–water partition coefficient (Wildman–Crippen LogP) is 1.90. The molecule has 1 aliphatic carbocycles. The van der Waals surface area contributed by atoms with Gasteiger partial charge in [-0.3, -0.25) is 9.59 Å². The molecule has 0 aromatic heterocycles. The molecule has 1 aromatic carbocycles. The third-order valence-electron chi connectivity index (χ3n) is 5.98. The molecule has 1 unspecified atom stereocenters. The van der Waals surface area contributed by atoms with Crippen molar-refractivity contribution < 1.29 is 9.59 Å². The monoisotopic (exact) mass is 361 g/mol. The number of nitrogens with zero attached hydrogens (tertiary/aromatic N) is 2. The lowest BCUT2D eigenvalue weighted by molar-refractivity contribution is -0.147. The van der Waals surface area contributed by atoms with Gasteiger partial charge >= 0.3 is 0 Å². The molecule has 0 bridgehead atoms. The minimum absolute atomic E-state index is 0.0274. The third kappa shape index (κ3) is 3.40. The lowest BCUT2D eigenvalue weighted by Gasteiger charge is -2.35. The molecule has 1 spiro atoms. The summed E-state index contributed by atoms with van der Waals surface area (Å²) >= 11 is 6.02. The minimum atomic E-state index is 0.0274. The summed E-state index contributed by atoms with van der Waals surface area (Å²) in [4.78, 5) is 28.9. The van der Waals surface area contributed by atoms with Crippen molar-refractivity contribution in [3.63, 3.8) is 0 Å². The number of nitrogens with one attached hydrogen (secondary N) is 1. The van der Waals surface area contributed by atoms with Gasteiger partial charge in [0.25, 0.3) is 0 Å². The van der Waals surface area contributed by atoms with Crippen LogP contribution in [0.4, 0.5) is 0 Å². The topological polar surface area (TPSA) is 52.7 Å². The van der Waals surface area contributed by atoms with Crippen molar-refractivity contribution in [2.45, 2.75) is 25.8 Å². The summed E-state index contributed by atoms with van der Waals surface area (Å²) in [6.07, 6.45) is 3.18. The molecule has 3 fully saturated rings. The second kappa shape index (κ2) is 6.61. The molecule has 4 rings (SSSR count). The van der Waals surface area contributed by atoms with Crippen LogP contribution in [0.15, 0.2) is 24.3 Å². The van der Waals surface area contributed by atoms with Gasteiger partial charge in [0.1, 0.15) is 0 Å². The van der Waals surface area contributed by atoms with Crippen molar-refractivity contribution in [1.29, 1.82) is 0 Å². The van der Waals surface area contributed by atoms with E-state index >= 15 is 0 Å². The molecule has 6 heteroatoms. The highest BCUT2D eigenvalue weighted by Gasteiger charge is 2.58. The largest absolute Gasteiger partial charge is 0.335 e. The van der Waals surface area contributed by atoms with Gasteiger partial charge in [-0.1, -0.05) is 23.7 Å². The molecule has 2 saturated heterocycles. The highest BCUT2D eigenvalue weighted by atomic mass is 35.5. The summed E-state index contributed by atoms with van der Waals surface area (Å²) < 4.78 is 0. The molecule has 25 heavy (non-hydrogen) atoms. The zero-order valence-electron chi connectivity index (χ0n) is 14.3. The number of carbonyl (C=O) groups excluding carboxylic acids is 2. The number of amides is 2. The first-order valence-electron chi connectivity index (χ1n) is 9.09. The van der Waals surface area contributed by atoms with E-state index in [2.05, 4.69) is 5.32 Å². The number of hydrogen-bond donors (Lipinski definition) is 1. The average molecular weight is 362 g/mol. The van der Waals surface area contributed by atoms with Crippen molar-refractivity contribution in [2.24, 2.45) is 11.3 Å². The van der Waals surface area contributed by atoms with E-state index in [1.165, 1.54) is 0 Å². The fraction of sp³-hybridized carbons (Fsp3) is 0.579. The van der Waals surface area contributed by atoms with Gasteiger partial charge in [-0.15, -0.1) is 0 Å². The van der Waals surface area contributed by atoms with Gasteiger partial charge in [0.15, 0.2) is 0 Å². The summed E-state index contributed by atoms with van der Waals surface area (Å²) in [6.45, 7) is 4.02. The Morgan fingerprint density at radius 2 is 2.08 bits per heavy atom. The van der Waals surface area contributed by atoms with Crippen LogP contribution in [-0.4, -0.2) is 54.3 Å². The van der Waals surface area contributed by atoms with E-state index in [-0.39, 0.29) is 29.7 Å². The van der Waals surface area contributed by atoms with Gasteiger partial charge in [-0.2, -0.15) is 0 Å². The molecule has 2 amide bonds. The van der Waals surface area contributed by atoms with Crippen LogP contribution in [0.3, 0.4) is 0 Å². The number of halogens is 1. The Hall–Kier alpha value is -1.59. The molecule has 1 atom stereocenters. The summed E-state index contributed by atoms with van der Waals surface area (Å²) in [7, 11) is 0. The summed E-state index contributed by atoms with van der Waals surface area (Å²) in [5.41, 5.74) is 1.25. The fourth-order valence-corrected chi connectivity index (χ4v) is 4.53. The van der Waals surface area contributed by atoms with E-state index in [1.54, 1.807) is 4.90 Å². The van der Waals surface area contributed by atoms with Crippen LogP contribution in [0, 0.1) is 11.3 Å². The smallest absolute Gasteiger partial charge is 0.242 e. The van der Waals surface area contributed by atoms with E-state index < -0.39 is 0 Å². The number of carbonyl (C=O) groups is 2. The van der Waals surface area contributed by atoms with Crippen molar-refractivity contribution in [2.75, 3.05) is 32.7 Å². The predicted molar refractivity (Wildman–Crippen MR) is 96.1 cm³/mol. The van der Waals surface area contributed by atoms with Gasteiger partial charge in [-0.05, 0) is 55.5 Å². The van der Waals surface area contributed by atoms with Crippen LogP contribution >= 0.6 is 11.6 Å². The Bertz CT molecular complexity index is 687. The van der Waals surface area contributed by atoms with Gasteiger partial charge in [0.05, 0.1) is 6.54 Å². The standard InChI is InChI=1S/C19H24ClN3O2/c20-15-3-1-2-14(10-15)12-22-8-9-23(13-17(22)24)18(25)16-11-19(16)4-6-21-7-5-19/h1-3,10,16,21H,4-9,11-13H2. The molecule has 1 N–H and O–H groups in total. The van der Waals surface area contributed by atoms with Crippen LogP contribution < -0.4 is 5.32 Å². The maximum Gasteiger partial charge on any atom is 0.242 e. The minimum Gasteiger partial charge on any atom is -0.335 e. The van der Waals surface area contributed by atoms with Gasteiger partial charge in [0, 0.05) is 30.6 Å². The number of piperazine rings is 1. The molecule has 2 heterocycles. The Kier molecular flexibility index (Phi) is 4.46. The van der Waals surface area contributed by atoms with Crippen molar-refractivity contribution in [1.82, 2.24) is 15.1 Å². The first-order valence-corrected chi connectivity index (χ1v) is 9.47. The van der Waals surface area contributed by atoms with Crippen LogP contribution in [0.5, 0.6) is 0 Å². The van der Waals surface area contributed by atoms with Crippen molar-refractivity contribution >= 4 is 23.4 Å². The van der Waals surface area contributed by atoms with E-state index in [9.17, 15) is 9.59 Å². The summed E-state index contributed by atoms with van der Waals surface area (Å²) in [5, 5.41) is 4.04. The Morgan fingerprint density at radius 3 is 2.80 bits per heavy atom. The maximum absolute atomic E-state index is 12.8. The van der Waals surface area contributed by atoms with E-state index in [4.69, 9.17) is 11.6 Å². The average Bonchev–Trinajstić information content (AvgIpc) is 3.29.